The normalized spacial score (nSPS) is 18.9. The summed E-state index contributed by atoms with van der Waals surface area (Å²) in [4.78, 5) is 18.9. The lowest BCUT2D eigenvalue weighted by molar-refractivity contribution is -0.139. The highest BCUT2D eigenvalue weighted by Crippen LogP contribution is 2.35. The number of piperidine rings is 1. The highest BCUT2D eigenvalue weighted by atomic mass is 32.2. The van der Waals surface area contributed by atoms with E-state index in [1.165, 1.54) is 23.9 Å². The molecule has 3 atom stereocenters. The van der Waals surface area contributed by atoms with Crippen LogP contribution in [0.2, 0.25) is 0 Å². The molecular weight excluding hydrogens is 510 g/mol. The monoisotopic (exact) mass is 544 g/mol. The molecule has 1 aromatic heterocycles. The van der Waals surface area contributed by atoms with Crippen LogP contribution in [0.5, 0.6) is 5.75 Å². The average molecular weight is 545 g/mol. The van der Waals surface area contributed by atoms with Crippen LogP contribution in [0.1, 0.15) is 43.8 Å². The van der Waals surface area contributed by atoms with E-state index in [2.05, 4.69) is 9.88 Å². The van der Waals surface area contributed by atoms with Crippen LogP contribution in [0.4, 0.5) is 8.78 Å². The minimum absolute atomic E-state index is 0.00713. The van der Waals surface area contributed by atoms with Crippen LogP contribution in [-0.4, -0.2) is 58.6 Å². The number of aromatic nitrogens is 1. The van der Waals surface area contributed by atoms with Gasteiger partial charge in [0.25, 0.3) is 0 Å². The summed E-state index contributed by atoms with van der Waals surface area (Å²) in [6.45, 7) is 2.37. The Morgan fingerprint density at radius 1 is 1.18 bits per heavy atom. The molecule has 38 heavy (non-hydrogen) atoms. The van der Waals surface area contributed by atoms with E-state index in [-0.39, 0.29) is 18.3 Å². The fraction of sp³-hybridized carbons (Fsp3) is 0.448. The number of benzene rings is 2. The van der Waals surface area contributed by atoms with Gasteiger partial charge in [-0.25, -0.2) is 8.78 Å². The number of thioether (sulfide) groups is 1. The molecular formula is C29H34F2N2O4S. The molecule has 0 spiro atoms. The van der Waals surface area contributed by atoms with Gasteiger partial charge in [0, 0.05) is 35.5 Å². The van der Waals surface area contributed by atoms with Crippen molar-refractivity contribution in [2.45, 2.75) is 43.1 Å². The number of pyridine rings is 1. The minimum atomic E-state index is -0.807. The van der Waals surface area contributed by atoms with Crippen molar-refractivity contribution >= 4 is 28.6 Å². The topological polar surface area (TPSA) is 82.9 Å². The van der Waals surface area contributed by atoms with Gasteiger partial charge >= 0.3 is 5.97 Å². The third-order valence-corrected chi connectivity index (χ3v) is 8.35. The number of hydrogen-bond donors (Lipinski definition) is 2. The third kappa shape index (κ3) is 7.65. The first-order valence-corrected chi connectivity index (χ1v) is 13.9. The molecule has 1 saturated heterocycles. The van der Waals surface area contributed by atoms with E-state index < -0.39 is 23.7 Å². The molecule has 0 amide bonds. The molecule has 0 saturated carbocycles. The number of ether oxygens (including phenoxy) is 1. The van der Waals surface area contributed by atoms with Crippen molar-refractivity contribution in [3.8, 4) is 5.75 Å². The molecule has 2 N–H and O–H groups in total. The molecule has 1 fully saturated rings. The summed E-state index contributed by atoms with van der Waals surface area (Å²) in [6, 6.07) is 11.0. The summed E-state index contributed by atoms with van der Waals surface area (Å²) in [5.74, 6) is -0.311. The van der Waals surface area contributed by atoms with E-state index in [1.54, 1.807) is 13.3 Å². The molecule has 0 aliphatic carbocycles. The van der Waals surface area contributed by atoms with Crippen molar-refractivity contribution in [1.29, 1.82) is 0 Å². The molecule has 0 unspecified atom stereocenters. The maximum atomic E-state index is 13.4. The molecule has 0 radical (unpaired) electrons. The van der Waals surface area contributed by atoms with Gasteiger partial charge < -0.3 is 19.8 Å². The number of halogens is 2. The largest absolute Gasteiger partial charge is 0.497 e. The van der Waals surface area contributed by atoms with E-state index >= 15 is 0 Å². The standard InChI is InChI=1S/C29H34F2N2O4S/c1-37-23-4-5-27-26(17-23)25(7-9-32-27)28(34)6-3-19-8-11-33(18-20(19)13-29(35)36)10-2-12-38-24-15-21(30)14-22(31)16-24/h4-5,7,9,14-17,19-20,28,34H,2-3,6,8,10-13,18H2,1H3,(H,35,36)/t19-,20+,28-/m1/s1. The highest BCUT2D eigenvalue weighted by Gasteiger charge is 2.31. The summed E-state index contributed by atoms with van der Waals surface area (Å²) in [5, 5.41) is 21.4. The van der Waals surface area contributed by atoms with Crippen molar-refractivity contribution in [1.82, 2.24) is 9.88 Å². The lowest BCUT2D eigenvalue weighted by Gasteiger charge is -2.38. The summed E-state index contributed by atoms with van der Waals surface area (Å²) < 4.78 is 32.1. The van der Waals surface area contributed by atoms with Gasteiger partial charge in [0.15, 0.2) is 0 Å². The van der Waals surface area contributed by atoms with Gasteiger partial charge in [-0.1, -0.05) is 0 Å². The van der Waals surface area contributed by atoms with E-state index in [4.69, 9.17) is 4.74 Å². The number of nitrogens with zero attached hydrogens (tertiary/aromatic N) is 2. The molecule has 2 heterocycles. The number of aliphatic hydroxyl groups is 1. The van der Waals surface area contributed by atoms with Crippen LogP contribution in [0.15, 0.2) is 53.6 Å². The number of carboxylic acid groups (broad SMARTS) is 1. The van der Waals surface area contributed by atoms with Crippen molar-refractivity contribution in [2.24, 2.45) is 11.8 Å². The van der Waals surface area contributed by atoms with Gasteiger partial charge in [0.1, 0.15) is 17.4 Å². The van der Waals surface area contributed by atoms with Gasteiger partial charge in [-0.3, -0.25) is 9.78 Å². The second kappa shape index (κ2) is 13.4. The van der Waals surface area contributed by atoms with Crippen molar-refractivity contribution in [2.75, 3.05) is 32.5 Å². The lowest BCUT2D eigenvalue weighted by atomic mass is 9.79. The number of likely N-dealkylation sites (tertiary alicyclic amines) is 1. The Hall–Kier alpha value is -2.75. The molecule has 2 aromatic carbocycles. The zero-order valence-corrected chi connectivity index (χ0v) is 22.3. The van der Waals surface area contributed by atoms with Crippen LogP contribution in [0.25, 0.3) is 10.9 Å². The van der Waals surface area contributed by atoms with Crippen molar-refractivity contribution < 1.29 is 28.5 Å². The Balaban J connectivity index is 1.31. The molecule has 0 bridgehead atoms. The second-order valence-corrected chi connectivity index (χ2v) is 11.1. The summed E-state index contributed by atoms with van der Waals surface area (Å²) in [6.07, 6.45) is 4.11. The maximum Gasteiger partial charge on any atom is 0.303 e. The molecule has 3 aromatic rings. The number of methoxy groups -OCH3 is 1. The molecule has 1 aliphatic heterocycles. The van der Waals surface area contributed by atoms with Gasteiger partial charge in [-0.2, -0.15) is 0 Å². The minimum Gasteiger partial charge on any atom is -0.497 e. The molecule has 6 nitrogen and oxygen atoms in total. The van der Waals surface area contributed by atoms with Gasteiger partial charge in [-0.05, 0) is 98.3 Å². The molecule has 9 heteroatoms. The number of fused-ring (bicyclic) bond motifs is 1. The fourth-order valence-electron chi connectivity index (χ4n) is 5.38. The predicted molar refractivity (Wildman–Crippen MR) is 144 cm³/mol. The summed E-state index contributed by atoms with van der Waals surface area (Å²) in [5.41, 5.74) is 1.59. The Morgan fingerprint density at radius 3 is 2.71 bits per heavy atom. The molecule has 4 rings (SSSR count). The number of aliphatic hydroxyl groups excluding tert-OH is 1. The Bertz CT molecular complexity index is 1220. The first kappa shape index (κ1) is 28.3. The lowest BCUT2D eigenvalue weighted by Crippen LogP contribution is -2.42. The zero-order chi connectivity index (χ0) is 27.1. The Morgan fingerprint density at radius 2 is 1.97 bits per heavy atom. The quantitative estimate of drug-likeness (QED) is 0.216. The highest BCUT2D eigenvalue weighted by molar-refractivity contribution is 7.99. The smallest absolute Gasteiger partial charge is 0.303 e. The Labute approximate surface area is 226 Å². The maximum absolute atomic E-state index is 13.4. The van der Waals surface area contributed by atoms with Crippen molar-refractivity contribution in [3.05, 3.63) is 65.9 Å². The van der Waals surface area contributed by atoms with Crippen LogP contribution < -0.4 is 4.74 Å². The van der Waals surface area contributed by atoms with E-state index in [0.717, 1.165) is 60.6 Å². The second-order valence-electron chi connectivity index (χ2n) is 9.89. The number of carboxylic acids is 1. The first-order valence-electron chi connectivity index (χ1n) is 13.0. The number of rotatable bonds is 12. The van der Waals surface area contributed by atoms with Crippen LogP contribution >= 0.6 is 11.8 Å². The van der Waals surface area contributed by atoms with E-state index in [9.17, 15) is 23.8 Å². The summed E-state index contributed by atoms with van der Waals surface area (Å²) >= 11 is 1.42. The third-order valence-electron chi connectivity index (χ3n) is 7.29. The molecule has 204 valence electrons. The van der Waals surface area contributed by atoms with E-state index in [0.29, 0.717) is 23.6 Å². The average Bonchev–Trinajstić information content (AvgIpc) is 2.89. The first-order chi connectivity index (χ1) is 18.3. The molecule has 1 aliphatic rings. The van der Waals surface area contributed by atoms with E-state index in [1.807, 2.05) is 24.3 Å². The Kier molecular flexibility index (Phi) is 9.93. The zero-order valence-electron chi connectivity index (χ0n) is 21.5. The SMILES string of the molecule is COc1ccc2nccc([C@H](O)CC[C@@H]3CCN(CCCSc4cc(F)cc(F)c4)C[C@@H]3CC(=O)O)c2c1. The van der Waals surface area contributed by atoms with Gasteiger partial charge in [0.05, 0.1) is 18.7 Å². The van der Waals surface area contributed by atoms with Crippen LogP contribution in [0.3, 0.4) is 0 Å². The van der Waals surface area contributed by atoms with Crippen molar-refractivity contribution in [3.63, 3.8) is 0 Å². The number of aliphatic carboxylic acids is 1. The van der Waals surface area contributed by atoms with Gasteiger partial charge in [-0.15, -0.1) is 11.8 Å². The number of hydrogen-bond acceptors (Lipinski definition) is 6. The van der Waals surface area contributed by atoms with Crippen LogP contribution in [0, 0.1) is 23.5 Å². The van der Waals surface area contributed by atoms with Crippen LogP contribution in [-0.2, 0) is 4.79 Å². The fourth-order valence-corrected chi connectivity index (χ4v) is 6.28. The predicted octanol–water partition coefficient (Wildman–Crippen LogP) is 5.93. The van der Waals surface area contributed by atoms with Gasteiger partial charge in [0.2, 0.25) is 0 Å². The summed E-state index contributed by atoms with van der Waals surface area (Å²) in [7, 11) is 1.60. The number of carbonyl (C=O) groups is 1.